The zero-order chi connectivity index (χ0) is 9.30. The number of benzene rings is 1. The Hall–Kier alpha value is 0.1000. The van der Waals surface area contributed by atoms with Crippen molar-refractivity contribution in [1.29, 1.82) is 0 Å². The van der Waals surface area contributed by atoms with Crippen molar-refractivity contribution in [2.75, 3.05) is 0 Å². The summed E-state index contributed by atoms with van der Waals surface area (Å²) in [5.41, 5.74) is 1.94. The molecule has 0 radical (unpaired) electrons. The highest BCUT2D eigenvalue weighted by Crippen LogP contribution is 2.23. The molecule has 3 heteroatoms. The van der Waals surface area contributed by atoms with Crippen molar-refractivity contribution in [3.8, 4) is 0 Å². The largest absolute Gasteiger partial charge is 0.295 e. The topological polar surface area (TPSA) is 17.1 Å². The van der Waals surface area contributed by atoms with E-state index < -0.39 is 0 Å². The summed E-state index contributed by atoms with van der Waals surface area (Å²) in [4.78, 5) is 11.0. The molecule has 1 aromatic carbocycles. The molecule has 1 aromatic rings. The van der Waals surface area contributed by atoms with Crippen LogP contribution in [0.5, 0.6) is 0 Å². The van der Waals surface area contributed by atoms with Crippen LogP contribution in [0.2, 0.25) is 0 Å². The van der Waals surface area contributed by atoms with E-state index in [4.69, 9.17) is 0 Å². The lowest BCUT2D eigenvalue weighted by Gasteiger charge is -2.03. The van der Waals surface area contributed by atoms with Crippen molar-refractivity contribution in [1.82, 2.24) is 0 Å². The maximum absolute atomic E-state index is 11.0. The Morgan fingerprint density at radius 3 is 2.50 bits per heavy atom. The van der Waals surface area contributed by atoms with Crippen molar-refractivity contribution in [3.05, 3.63) is 31.3 Å². The predicted molar refractivity (Wildman–Crippen MR) is 61.6 cm³/mol. The zero-order valence-corrected chi connectivity index (χ0v) is 10.6. The molecule has 0 aliphatic heterocycles. The van der Waals surface area contributed by atoms with Crippen molar-refractivity contribution < 1.29 is 4.79 Å². The van der Waals surface area contributed by atoms with Crippen LogP contribution >= 0.6 is 38.5 Å². The van der Waals surface area contributed by atoms with Crippen LogP contribution in [-0.2, 0) is 0 Å². The molecule has 1 nitrogen and oxygen atoms in total. The smallest absolute Gasteiger partial charge is 0.159 e. The van der Waals surface area contributed by atoms with E-state index in [9.17, 15) is 4.79 Å². The van der Waals surface area contributed by atoms with E-state index >= 15 is 0 Å². The molecule has 0 atom stereocenters. The second-order valence-electron chi connectivity index (χ2n) is 2.62. The second kappa shape index (κ2) is 3.87. The molecule has 1 rings (SSSR count). The Morgan fingerprint density at radius 1 is 1.50 bits per heavy atom. The number of Topliss-reactive ketones (excluding diaryl/α,β-unsaturated/α-hetero) is 1. The van der Waals surface area contributed by atoms with E-state index in [-0.39, 0.29) is 5.78 Å². The molecule has 64 valence electrons. The Balaban J connectivity index is 3.31. The van der Waals surface area contributed by atoms with Gasteiger partial charge >= 0.3 is 0 Å². The lowest BCUT2D eigenvalue weighted by molar-refractivity contribution is 0.101. The fraction of sp³-hybridized carbons (Fsp3) is 0.222. The van der Waals surface area contributed by atoms with E-state index in [0.717, 1.165) is 13.6 Å². The molecule has 0 heterocycles. The summed E-state index contributed by atoms with van der Waals surface area (Å²) in [5, 5.41) is 0. The van der Waals surface area contributed by atoms with Crippen molar-refractivity contribution >= 4 is 44.3 Å². The van der Waals surface area contributed by atoms with Crippen LogP contribution in [0.25, 0.3) is 0 Å². The summed E-state index contributed by atoms with van der Waals surface area (Å²) in [6.07, 6.45) is 0. The molecule has 0 bridgehead atoms. The van der Waals surface area contributed by atoms with Crippen LogP contribution in [0.1, 0.15) is 22.8 Å². The average Bonchev–Trinajstić information content (AvgIpc) is 1.99. The molecule has 0 saturated heterocycles. The van der Waals surface area contributed by atoms with Gasteiger partial charge in [0.25, 0.3) is 0 Å². The number of ketones is 1. The molecule has 0 fully saturated rings. The minimum absolute atomic E-state index is 0.105. The van der Waals surface area contributed by atoms with Crippen LogP contribution < -0.4 is 0 Å². The van der Waals surface area contributed by atoms with Gasteiger partial charge in [0.15, 0.2) is 5.78 Å². The highest BCUT2D eigenvalue weighted by molar-refractivity contribution is 14.1. The number of halogens is 2. The molecule has 0 amide bonds. The summed E-state index contributed by atoms with van der Waals surface area (Å²) in [5.74, 6) is 0.105. The molecule has 0 aliphatic carbocycles. The molecular formula is C9H8BrIO. The second-order valence-corrected chi connectivity index (χ2v) is 4.64. The van der Waals surface area contributed by atoms with E-state index in [2.05, 4.69) is 38.5 Å². The first-order valence-corrected chi connectivity index (χ1v) is 5.36. The lowest BCUT2D eigenvalue weighted by atomic mass is 10.1. The van der Waals surface area contributed by atoms with Gasteiger partial charge in [-0.25, -0.2) is 0 Å². The van der Waals surface area contributed by atoms with Crippen molar-refractivity contribution in [3.63, 3.8) is 0 Å². The van der Waals surface area contributed by atoms with Crippen LogP contribution in [0.3, 0.4) is 0 Å². The highest BCUT2D eigenvalue weighted by Gasteiger charge is 2.05. The molecular weight excluding hydrogens is 331 g/mol. The SMILES string of the molecule is CC(=O)c1cc(Br)c(C)c(I)c1. The van der Waals surface area contributed by atoms with E-state index in [1.807, 2.05) is 19.1 Å². The number of rotatable bonds is 1. The summed E-state index contributed by atoms with van der Waals surface area (Å²) in [7, 11) is 0. The summed E-state index contributed by atoms with van der Waals surface area (Å²) >= 11 is 5.63. The van der Waals surface area contributed by atoms with Crippen LogP contribution in [0.4, 0.5) is 0 Å². The number of hydrogen-bond acceptors (Lipinski definition) is 1. The molecule has 0 saturated carbocycles. The summed E-state index contributed by atoms with van der Waals surface area (Å²) in [6.45, 7) is 3.60. The summed E-state index contributed by atoms with van der Waals surface area (Å²) in [6, 6.07) is 3.77. The maximum atomic E-state index is 11.0. The number of hydrogen-bond donors (Lipinski definition) is 0. The number of carbonyl (C=O) groups excluding carboxylic acids is 1. The molecule has 0 aliphatic rings. The number of carbonyl (C=O) groups is 1. The fourth-order valence-electron chi connectivity index (χ4n) is 0.849. The van der Waals surface area contributed by atoms with Gasteiger partial charge in [0.1, 0.15) is 0 Å². The van der Waals surface area contributed by atoms with Crippen molar-refractivity contribution in [2.24, 2.45) is 0 Å². The summed E-state index contributed by atoms with van der Waals surface area (Å²) < 4.78 is 2.12. The normalized spacial score (nSPS) is 10.0. The minimum atomic E-state index is 0.105. The third kappa shape index (κ3) is 2.07. The van der Waals surface area contributed by atoms with Crippen LogP contribution in [0, 0.1) is 10.5 Å². The van der Waals surface area contributed by atoms with Gasteiger partial charge in [-0.05, 0) is 54.1 Å². The Morgan fingerprint density at radius 2 is 2.08 bits per heavy atom. The minimum Gasteiger partial charge on any atom is -0.295 e. The van der Waals surface area contributed by atoms with Crippen molar-refractivity contribution in [2.45, 2.75) is 13.8 Å². The lowest BCUT2D eigenvalue weighted by Crippen LogP contribution is -1.94. The molecule has 0 unspecified atom stereocenters. The Kier molecular flexibility index (Phi) is 3.29. The first-order chi connectivity index (χ1) is 5.52. The Labute approximate surface area is 93.8 Å². The molecule has 0 spiro atoms. The fourth-order valence-corrected chi connectivity index (χ4v) is 2.31. The maximum Gasteiger partial charge on any atom is 0.159 e. The highest BCUT2D eigenvalue weighted by atomic mass is 127. The quantitative estimate of drug-likeness (QED) is 0.565. The standard InChI is InChI=1S/C9H8BrIO/c1-5-8(10)3-7(6(2)12)4-9(5)11/h3-4H,1-2H3. The van der Waals surface area contributed by atoms with Crippen LogP contribution in [-0.4, -0.2) is 5.78 Å². The van der Waals surface area contributed by atoms with Gasteiger partial charge in [-0.3, -0.25) is 4.79 Å². The van der Waals surface area contributed by atoms with Gasteiger partial charge in [-0.15, -0.1) is 0 Å². The molecule has 0 aromatic heterocycles. The molecule has 0 N–H and O–H groups in total. The third-order valence-electron chi connectivity index (χ3n) is 1.69. The monoisotopic (exact) mass is 338 g/mol. The van der Waals surface area contributed by atoms with Crippen LogP contribution in [0.15, 0.2) is 16.6 Å². The van der Waals surface area contributed by atoms with Gasteiger partial charge in [0, 0.05) is 13.6 Å². The van der Waals surface area contributed by atoms with E-state index in [0.29, 0.717) is 0 Å². The van der Waals surface area contributed by atoms with E-state index in [1.54, 1.807) is 6.92 Å². The zero-order valence-electron chi connectivity index (χ0n) is 6.82. The van der Waals surface area contributed by atoms with Gasteiger partial charge < -0.3 is 0 Å². The van der Waals surface area contributed by atoms with E-state index in [1.165, 1.54) is 5.56 Å². The third-order valence-corrected chi connectivity index (χ3v) is 3.63. The first-order valence-electron chi connectivity index (χ1n) is 3.49. The van der Waals surface area contributed by atoms with Gasteiger partial charge in [0.2, 0.25) is 0 Å². The van der Waals surface area contributed by atoms with Gasteiger partial charge in [-0.1, -0.05) is 15.9 Å². The average molecular weight is 339 g/mol. The Bertz CT molecular complexity index is 310. The predicted octanol–water partition coefficient (Wildman–Crippen LogP) is 3.56. The van der Waals surface area contributed by atoms with Gasteiger partial charge in [0.05, 0.1) is 0 Å². The first kappa shape index (κ1) is 10.2. The van der Waals surface area contributed by atoms with Gasteiger partial charge in [-0.2, -0.15) is 0 Å². The molecule has 12 heavy (non-hydrogen) atoms.